The lowest BCUT2D eigenvalue weighted by molar-refractivity contribution is -0.159. The smallest absolute Gasteiger partial charge is 0.263 e. The van der Waals surface area contributed by atoms with Crippen molar-refractivity contribution in [1.82, 2.24) is 9.62 Å². The Labute approximate surface area is 301 Å². The maximum Gasteiger partial charge on any atom is 0.263 e. The number of nitrogens with zero attached hydrogens (tertiary/aromatic N) is 2. The average molecular weight is 716 g/mol. The normalized spacial score (nSPS) is 29.4. The molecule has 0 aromatic heterocycles. The van der Waals surface area contributed by atoms with Crippen LogP contribution in [0, 0.1) is 23.7 Å². The van der Waals surface area contributed by atoms with Crippen molar-refractivity contribution in [2.75, 3.05) is 38.7 Å². The Morgan fingerprint density at radius 1 is 1.14 bits per heavy atom. The number of hydrogen-bond donors (Lipinski definition) is 2. The molecular weight excluding hydrogens is 658 g/mol. The fraction of sp³-hybridized carbons (Fsp3) is 0.641. The highest BCUT2D eigenvalue weighted by Gasteiger charge is 2.52. The van der Waals surface area contributed by atoms with Gasteiger partial charge in [0.15, 0.2) is 0 Å². The van der Waals surface area contributed by atoms with Gasteiger partial charge < -0.3 is 19.6 Å². The second-order valence-electron chi connectivity index (χ2n) is 14.4. The topological polar surface area (TPSA) is 99.2 Å². The van der Waals surface area contributed by atoms with E-state index in [0.717, 1.165) is 42.8 Å². The summed E-state index contributed by atoms with van der Waals surface area (Å²) in [4.78, 5) is 30.7. The van der Waals surface area contributed by atoms with Crippen LogP contribution in [0.5, 0.6) is 5.75 Å². The molecule has 2 aliphatic heterocycles. The zero-order valence-electron chi connectivity index (χ0n) is 30.8. The molecule has 3 aliphatic rings. The van der Waals surface area contributed by atoms with Crippen LogP contribution in [0.1, 0.15) is 107 Å². The molecule has 1 aliphatic carbocycles. The van der Waals surface area contributed by atoms with Crippen molar-refractivity contribution in [3.05, 3.63) is 58.1 Å². The van der Waals surface area contributed by atoms with E-state index in [1.165, 1.54) is 11.1 Å². The molecule has 49 heavy (non-hydrogen) atoms. The first-order chi connectivity index (χ1) is 23.3. The predicted molar refractivity (Wildman–Crippen MR) is 201 cm³/mol. The van der Waals surface area contributed by atoms with Crippen LogP contribution in [0.4, 0.5) is 5.69 Å². The summed E-state index contributed by atoms with van der Waals surface area (Å²) in [6.07, 6.45) is 5.62. The van der Waals surface area contributed by atoms with E-state index in [9.17, 15) is 18.9 Å². The highest BCUT2D eigenvalue weighted by atomic mass is 35.5. The molecule has 5 rings (SSSR count). The SMILES string of the molecule is CC.CCCc1cc(Cl)ccc1C1COc2ccc3cc2N(C1)CC1CCC1C(O)([C@@H](C)C(=O)N(C)C)CCCC(C)C(C)S(=O)NC3=O. The Bertz CT molecular complexity index is 1490. The first-order valence-corrected chi connectivity index (χ1v) is 19.9. The van der Waals surface area contributed by atoms with Crippen molar-refractivity contribution in [2.45, 2.75) is 103 Å². The molecule has 8 nitrogen and oxygen atoms in total. The summed E-state index contributed by atoms with van der Waals surface area (Å²) in [5.41, 5.74) is 2.50. The summed E-state index contributed by atoms with van der Waals surface area (Å²) in [6.45, 7) is 13.8. The minimum atomic E-state index is -1.59. The summed E-state index contributed by atoms with van der Waals surface area (Å²) in [5, 5.41) is 13.0. The molecule has 8 atom stereocenters. The first-order valence-electron chi connectivity index (χ1n) is 18.3. The van der Waals surface area contributed by atoms with Gasteiger partial charge in [0.1, 0.15) is 16.7 Å². The van der Waals surface area contributed by atoms with Crippen LogP contribution >= 0.6 is 11.6 Å². The van der Waals surface area contributed by atoms with Crippen LogP contribution in [0.2, 0.25) is 5.02 Å². The van der Waals surface area contributed by atoms with Crippen LogP contribution in [-0.4, -0.2) is 70.7 Å². The quantitative estimate of drug-likeness (QED) is 0.335. The zero-order valence-corrected chi connectivity index (χ0v) is 32.3. The molecule has 272 valence electrons. The second kappa shape index (κ2) is 17.1. The molecule has 1 fully saturated rings. The lowest BCUT2D eigenvalue weighted by atomic mass is 9.59. The molecule has 10 heteroatoms. The van der Waals surface area contributed by atoms with Gasteiger partial charge in [-0.05, 0) is 98.2 Å². The highest BCUT2D eigenvalue weighted by Crippen LogP contribution is 2.49. The molecule has 2 aromatic rings. The lowest BCUT2D eigenvalue weighted by Crippen LogP contribution is -2.57. The van der Waals surface area contributed by atoms with Crippen molar-refractivity contribution in [3.63, 3.8) is 0 Å². The summed E-state index contributed by atoms with van der Waals surface area (Å²) in [5.74, 6) is -0.112. The van der Waals surface area contributed by atoms with Crippen LogP contribution in [-0.2, 0) is 22.2 Å². The number of halogens is 1. The van der Waals surface area contributed by atoms with E-state index in [2.05, 4.69) is 28.7 Å². The minimum absolute atomic E-state index is 0.0451. The standard InChI is InChI=1S/C37H52ClN3O5S.C2H6/c1-7-9-26-18-30(38)13-14-31(26)29-21-41-20-28-11-15-32(28)37(44,24(3)36(43)40(5)6)17-8-10-23(2)25(4)47(45)39-35(42)27-12-16-34(46-22-29)33(41)19-27;1-2/h12-14,16,18-19,23-25,28-29,32,44H,7-11,15,17,20-22H2,1-6H3,(H,39,42);1-2H3/t23?,24-,25?,28?,29?,32?,37?,47?;/m0./s1. The fourth-order valence-electron chi connectivity index (χ4n) is 7.90. The van der Waals surface area contributed by atoms with Gasteiger partial charge in [-0.2, -0.15) is 0 Å². The molecule has 2 amide bonds. The van der Waals surface area contributed by atoms with Gasteiger partial charge in [-0.15, -0.1) is 0 Å². The van der Waals surface area contributed by atoms with Gasteiger partial charge in [-0.3, -0.25) is 14.3 Å². The number of fused-ring (bicyclic) bond motifs is 2. The number of hydrogen-bond acceptors (Lipinski definition) is 6. The largest absolute Gasteiger partial charge is 0.491 e. The third kappa shape index (κ3) is 8.65. The maximum absolute atomic E-state index is 13.4. The van der Waals surface area contributed by atoms with E-state index in [1.807, 2.05) is 52.8 Å². The van der Waals surface area contributed by atoms with E-state index in [0.29, 0.717) is 43.9 Å². The Kier molecular flexibility index (Phi) is 13.6. The Balaban J connectivity index is 0.00000265. The highest BCUT2D eigenvalue weighted by molar-refractivity contribution is 7.84. The number of aliphatic hydroxyl groups is 1. The number of anilines is 1. The second-order valence-corrected chi connectivity index (χ2v) is 16.4. The number of aryl methyl sites for hydroxylation is 1. The van der Waals surface area contributed by atoms with Gasteiger partial charge in [0.25, 0.3) is 5.91 Å². The maximum atomic E-state index is 13.4. The molecule has 2 heterocycles. The van der Waals surface area contributed by atoms with Gasteiger partial charge in [-0.1, -0.05) is 65.1 Å². The van der Waals surface area contributed by atoms with E-state index < -0.39 is 22.5 Å². The van der Waals surface area contributed by atoms with E-state index in [-0.39, 0.29) is 40.7 Å². The van der Waals surface area contributed by atoms with Gasteiger partial charge >= 0.3 is 0 Å². The summed E-state index contributed by atoms with van der Waals surface area (Å²) < 4.78 is 22.6. The Morgan fingerprint density at radius 2 is 1.88 bits per heavy atom. The number of amides is 2. The molecule has 1 saturated carbocycles. The Morgan fingerprint density at radius 3 is 2.53 bits per heavy atom. The predicted octanol–water partition coefficient (Wildman–Crippen LogP) is 7.38. The average Bonchev–Trinajstić information content (AvgIpc) is 3.25. The van der Waals surface area contributed by atoms with Crippen LogP contribution < -0.4 is 14.4 Å². The number of benzene rings is 2. The van der Waals surface area contributed by atoms with Gasteiger partial charge in [0.2, 0.25) is 5.91 Å². The summed E-state index contributed by atoms with van der Waals surface area (Å²) >= 11 is 6.43. The van der Waals surface area contributed by atoms with Crippen molar-refractivity contribution >= 4 is 40.1 Å². The minimum Gasteiger partial charge on any atom is -0.491 e. The van der Waals surface area contributed by atoms with Crippen LogP contribution in [0.3, 0.4) is 0 Å². The zero-order chi connectivity index (χ0) is 36.0. The van der Waals surface area contributed by atoms with Crippen molar-refractivity contribution < 1.29 is 23.6 Å². The Hall–Kier alpha value is -2.62. The number of carbonyl (C=O) groups excluding carboxylic acids is 2. The van der Waals surface area contributed by atoms with Crippen molar-refractivity contribution in [3.8, 4) is 5.75 Å². The number of ether oxygens (including phenoxy) is 1. The molecular formula is C39H58ClN3O5S. The first kappa shape index (κ1) is 39.2. The molecule has 2 N–H and O–H groups in total. The monoisotopic (exact) mass is 715 g/mol. The van der Waals surface area contributed by atoms with E-state index >= 15 is 0 Å². The van der Waals surface area contributed by atoms with E-state index in [1.54, 1.807) is 25.1 Å². The molecule has 2 aromatic carbocycles. The van der Waals surface area contributed by atoms with Gasteiger partial charge in [-0.25, -0.2) is 4.21 Å². The van der Waals surface area contributed by atoms with Crippen LogP contribution in [0.25, 0.3) is 0 Å². The molecule has 0 spiro atoms. The van der Waals surface area contributed by atoms with Crippen molar-refractivity contribution in [2.24, 2.45) is 23.7 Å². The molecule has 0 saturated heterocycles. The molecule has 0 radical (unpaired) electrons. The van der Waals surface area contributed by atoms with Crippen molar-refractivity contribution in [1.29, 1.82) is 0 Å². The number of nitrogens with one attached hydrogen (secondary N) is 1. The molecule has 2 bridgehead atoms. The van der Waals surface area contributed by atoms with Gasteiger partial charge in [0, 0.05) is 43.7 Å². The fourth-order valence-corrected chi connectivity index (χ4v) is 9.14. The third-order valence-corrected chi connectivity index (χ3v) is 12.9. The van der Waals surface area contributed by atoms with E-state index in [4.69, 9.17) is 16.3 Å². The van der Waals surface area contributed by atoms with Crippen LogP contribution in [0.15, 0.2) is 36.4 Å². The number of carbonyl (C=O) groups is 2. The third-order valence-electron chi connectivity index (χ3n) is 11.2. The summed E-state index contributed by atoms with van der Waals surface area (Å²) in [7, 11) is 1.91. The molecule has 7 unspecified atom stereocenters. The van der Waals surface area contributed by atoms with Gasteiger partial charge in [0.05, 0.1) is 29.1 Å². The number of rotatable bonds is 5. The summed E-state index contributed by atoms with van der Waals surface area (Å²) in [6, 6.07) is 11.6. The lowest BCUT2D eigenvalue weighted by Gasteiger charge is -2.51.